The summed E-state index contributed by atoms with van der Waals surface area (Å²) in [7, 11) is -4.44. The van der Waals surface area contributed by atoms with E-state index in [0.29, 0.717) is 0 Å². The Hall–Kier alpha value is -1.44. The van der Waals surface area contributed by atoms with E-state index in [0.717, 1.165) is 18.8 Å². The van der Waals surface area contributed by atoms with Crippen molar-refractivity contribution in [1.82, 2.24) is 0 Å². The molecule has 20 heavy (non-hydrogen) atoms. The minimum Gasteiger partial charge on any atom is -0.372 e. The Morgan fingerprint density at radius 3 is 2.30 bits per heavy atom. The molecule has 4 nitrogen and oxygen atoms in total. The second-order valence-electron chi connectivity index (χ2n) is 4.20. The Balaban J connectivity index is 2.91. The Bertz CT molecular complexity index is 540. The summed E-state index contributed by atoms with van der Waals surface area (Å²) in [5.74, 6) is -1.89. The lowest BCUT2D eigenvalue weighted by molar-refractivity contribution is -0.106. The molecule has 0 radical (unpaired) electrons. The van der Waals surface area contributed by atoms with Gasteiger partial charge in [-0.05, 0) is 32.0 Å². The summed E-state index contributed by atoms with van der Waals surface area (Å²) in [6.07, 6.45) is -4.76. The van der Waals surface area contributed by atoms with Gasteiger partial charge in [0.25, 0.3) is 0 Å². The number of nitrogens with one attached hydrogen (secondary N) is 1. The maximum Gasteiger partial charge on any atom is 0.404 e. The van der Waals surface area contributed by atoms with Crippen LogP contribution in [0.25, 0.3) is 0 Å². The molecule has 0 spiro atoms. The van der Waals surface area contributed by atoms with Gasteiger partial charge in [-0.25, -0.2) is 8.42 Å². The highest BCUT2D eigenvalue weighted by Crippen LogP contribution is 2.22. The first-order valence-electron chi connectivity index (χ1n) is 6.09. The summed E-state index contributed by atoms with van der Waals surface area (Å²) >= 11 is 0. The molecule has 0 unspecified atom stereocenters. The van der Waals surface area contributed by atoms with Crippen molar-refractivity contribution in [2.45, 2.75) is 20.0 Å². The summed E-state index contributed by atoms with van der Waals surface area (Å²) in [6, 6.07) is 6.30. The normalized spacial score (nSPS) is 12.2. The van der Waals surface area contributed by atoms with Crippen molar-refractivity contribution in [3.8, 4) is 0 Å². The van der Waals surface area contributed by atoms with Crippen molar-refractivity contribution >= 4 is 21.4 Å². The van der Waals surface area contributed by atoms with Gasteiger partial charge in [0, 0.05) is 18.8 Å². The number of anilines is 2. The summed E-state index contributed by atoms with van der Waals surface area (Å²) in [6.45, 7) is 5.30. The number of alkyl halides is 3. The maximum atomic E-state index is 12.1. The van der Waals surface area contributed by atoms with E-state index in [1.807, 2.05) is 23.5 Å². The third-order valence-corrected chi connectivity index (χ3v) is 3.86. The number of benzene rings is 1. The van der Waals surface area contributed by atoms with Gasteiger partial charge >= 0.3 is 6.18 Å². The smallest absolute Gasteiger partial charge is 0.372 e. The zero-order chi connectivity index (χ0) is 15.4. The van der Waals surface area contributed by atoms with Gasteiger partial charge in [-0.2, -0.15) is 13.2 Å². The summed E-state index contributed by atoms with van der Waals surface area (Å²) in [5.41, 5.74) is 0.876. The van der Waals surface area contributed by atoms with Gasteiger partial charge in [-0.15, -0.1) is 0 Å². The predicted octanol–water partition coefficient (Wildman–Crippen LogP) is 2.84. The van der Waals surface area contributed by atoms with E-state index in [1.165, 1.54) is 12.1 Å². The highest BCUT2D eigenvalue weighted by molar-refractivity contribution is 7.92. The van der Waals surface area contributed by atoms with Crippen molar-refractivity contribution in [2.75, 3.05) is 28.5 Å². The number of sulfonamides is 1. The van der Waals surface area contributed by atoms with Crippen LogP contribution in [0.3, 0.4) is 0 Å². The summed E-state index contributed by atoms with van der Waals surface area (Å²) in [5, 5.41) is 0. The highest BCUT2D eigenvalue weighted by Gasteiger charge is 2.35. The van der Waals surface area contributed by atoms with Crippen molar-refractivity contribution in [1.29, 1.82) is 0 Å². The van der Waals surface area contributed by atoms with E-state index >= 15 is 0 Å². The first-order valence-corrected chi connectivity index (χ1v) is 7.74. The van der Waals surface area contributed by atoms with Crippen LogP contribution < -0.4 is 9.62 Å². The molecule has 0 bridgehead atoms. The van der Waals surface area contributed by atoms with Crippen LogP contribution in [-0.4, -0.2) is 33.4 Å². The fourth-order valence-corrected chi connectivity index (χ4v) is 2.78. The summed E-state index contributed by atoms with van der Waals surface area (Å²) in [4.78, 5) is 1.96. The molecule has 1 rings (SSSR count). The molecular formula is C12H17F3N2O2S. The Morgan fingerprint density at radius 1 is 1.20 bits per heavy atom. The van der Waals surface area contributed by atoms with E-state index in [-0.39, 0.29) is 5.69 Å². The lowest BCUT2D eigenvalue weighted by atomic mass is 10.2. The Labute approximate surface area is 116 Å². The van der Waals surface area contributed by atoms with Crippen LogP contribution in [0.4, 0.5) is 24.5 Å². The van der Waals surface area contributed by atoms with E-state index < -0.39 is 22.0 Å². The molecule has 0 aliphatic heterocycles. The molecule has 0 heterocycles. The molecule has 0 amide bonds. The predicted molar refractivity (Wildman–Crippen MR) is 73.5 cm³/mol. The van der Waals surface area contributed by atoms with E-state index in [9.17, 15) is 21.6 Å². The fraction of sp³-hybridized carbons (Fsp3) is 0.500. The van der Waals surface area contributed by atoms with E-state index in [1.54, 1.807) is 12.1 Å². The molecule has 0 aliphatic rings. The second-order valence-corrected chi connectivity index (χ2v) is 5.92. The van der Waals surface area contributed by atoms with Crippen molar-refractivity contribution in [3.05, 3.63) is 24.3 Å². The average Bonchev–Trinajstić information content (AvgIpc) is 2.27. The number of hydrogen-bond donors (Lipinski definition) is 1. The number of nitrogens with zero attached hydrogens (tertiary/aromatic N) is 1. The monoisotopic (exact) mass is 310 g/mol. The third-order valence-electron chi connectivity index (χ3n) is 2.60. The molecule has 0 fully saturated rings. The lowest BCUT2D eigenvalue weighted by Gasteiger charge is -2.21. The van der Waals surface area contributed by atoms with Gasteiger partial charge in [0.2, 0.25) is 10.0 Å². The van der Waals surface area contributed by atoms with Crippen molar-refractivity contribution in [2.24, 2.45) is 0 Å². The minimum absolute atomic E-state index is 0.124. The minimum atomic E-state index is -4.76. The average molecular weight is 310 g/mol. The van der Waals surface area contributed by atoms with Crippen LogP contribution in [0.2, 0.25) is 0 Å². The van der Waals surface area contributed by atoms with Crippen LogP contribution in [0.15, 0.2) is 24.3 Å². The molecule has 0 aliphatic carbocycles. The van der Waals surface area contributed by atoms with Crippen molar-refractivity contribution < 1.29 is 21.6 Å². The van der Waals surface area contributed by atoms with Crippen molar-refractivity contribution in [3.63, 3.8) is 0 Å². The van der Waals surface area contributed by atoms with Crippen LogP contribution >= 0.6 is 0 Å². The van der Waals surface area contributed by atoms with Crippen LogP contribution in [0.5, 0.6) is 0 Å². The zero-order valence-corrected chi connectivity index (χ0v) is 12.1. The topological polar surface area (TPSA) is 49.4 Å². The third kappa shape index (κ3) is 5.28. The van der Waals surface area contributed by atoms with Gasteiger partial charge in [-0.3, -0.25) is 4.72 Å². The van der Waals surface area contributed by atoms with Crippen LogP contribution in [0, 0.1) is 0 Å². The molecule has 1 N–H and O–H groups in total. The van der Waals surface area contributed by atoms with Gasteiger partial charge in [0.05, 0.1) is 5.69 Å². The molecule has 1 aromatic rings. The molecule has 1 aromatic carbocycles. The maximum absolute atomic E-state index is 12.1. The first kappa shape index (κ1) is 16.6. The molecule has 0 aromatic heterocycles. The largest absolute Gasteiger partial charge is 0.404 e. The van der Waals surface area contributed by atoms with Gasteiger partial charge in [-0.1, -0.05) is 6.07 Å². The number of halogens is 3. The standard InChI is InChI=1S/C12H17F3N2O2S/c1-3-17(4-2)11-7-5-6-10(8-11)16-20(18,19)9-12(13,14)15/h5-8,16H,3-4,9H2,1-2H3. The molecule has 0 saturated heterocycles. The zero-order valence-electron chi connectivity index (χ0n) is 11.2. The van der Waals surface area contributed by atoms with E-state index in [2.05, 4.69) is 0 Å². The number of rotatable bonds is 6. The van der Waals surface area contributed by atoms with Crippen LogP contribution in [0.1, 0.15) is 13.8 Å². The van der Waals surface area contributed by atoms with Crippen LogP contribution in [-0.2, 0) is 10.0 Å². The molecule has 114 valence electrons. The van der Waals surface area contributed by atoms with Gasteiger partial charge in [0.15, 0.2) is 5.75 Å². The molecule has 0 saturated carbocycles. The molecule has 8 heteroatoms. The van der Waals surface area contributed by atoms with Gasteiger partial charge < -0.3 is 4.90 Å². The summed E-state index contributed by atoms with van der Waals surface area (Å²) < 4.78 is 61.2. The Kier molecular flexibility index (Phi) is 5.27. The molecule has 0 atom stereocenters. The lowest BCUT2D eigenvalue weighted by Crippen LogP contribution is -2.28. The number of hydrogen-bond acceptors (Lipinski definition) is 3. The quantitative estimate of drug-likeness (QED) is 0.879. The highest BCUT2D eigenvalue weighted by atomic mass is 32.2. The first-order chi connectivity index (χ1) is 9.17. The van der Waals surface area contributed by atoms with E-state index in [4.69, 9.17) is 0 Å². The fourth-order valence-electron chi connectivity index (χ4n) is 1.79. The second kappa shape index (κ2) is 6.34. The Morgan fingerprint density at radius 2 is 1.80 bits per heavy atom. The SMILES string of the molecule is CCN(CC)c1cccc(NS(=O)(=O)CC(F)(F)F)c1. The molecular weight excluding hydrogens is 293 g/mol. The van der Waals surface area contributed by atoms with Gasteiger partial charge in [0.1, 0.15) is 0 Å².